The van der Waals surface area contributed by atoms with Crippen molar-refractivity contribution in [1.82, 2.24) is 9.80 Å². The van der Waals surface area contributed by atoms with E-state index in [1.54, 1.807) is 17.4 Å². The standard InChI is InChI=1S/C30H35N3O2S/c34-30(15-14-29-9-5-21-36-29)33-16-4-6-26(23-33)24-35-28-12-10-25(11-13-28)22-31-17-19-32(20-18-31)27-7-2-1-3-8-27/h1-3,5,7-15,21,26H,4,6,16-20,22-24H2/b15-14+. The number of nitrogens with zero attached hydrogens (tertiary/aromatic N) is 3. The SMILES string of the molecule is O=C(/C=C/c1cccs1)N1CCCC(COc2ccc(CN3CCN(c4ccccc4)CC3)cc2)C1. The van der Waals surface area contributed by atoms with Crippen LogP contribution in [0.2, 0.25) is 0 Å². The predicted molar refractivity (Wildman–Crippen MR) is 149 cm³/mol. The maximum Gasteiger partial charge on any atom is 0.246 e. The van der Waals surface area contributed by atoms with Crippen molar-refractivity contribution in [3.05, 3.63) is 88.6 Å². The monoisotopic (exact) mass is 501 g/mol. The maximum absolute atomic E-state index is 12.6. The van der Waals surface area contributed by atoms with Gasteiger partial charge >= 0.3 is 0 Å². The summed E-state index contributed by atoms with van der Waals surface area (Å²) in [7, 11) is 0. The molecule has 1 atom stereocenters. The molecular weight excluding hydrogens is 466 g/mol. The van der Waals surface area contributed by atoms with E-state index in [4.69, 9.17) is 4.74 Å². The fourth-order valence-electron chi connectivity index (χ4n) is 5.01. The summed E-state index contributed by atoms with van der Waals surface area (Å²) < 4.78 is 6.13. The largest absolute Gasteiger partial charge is 0.493 e. The van der Waals surface area contributed by atoms with Crippen molar-refractivity contribution < 1.29 is 9.53 Å². The van der Waals surface area contributed by atoms with E-state index in [9.17, 15) is 4.79 Å². The average Bonchev–Trinajstić information content (AvgIpc) is 3.46. The number of carbonyl (C=O) groups is 1. The van der Waals surface area contributed by atoms with Gasteiger partial charge in [-0.05, 0) is 60.2 Å². The summed E-state index contributed by atoms with van der Waals surface area (Å²) in [6.07, 6.45) is 5.75. The van der Waals surface area contributed by atoms with Gasteiger partial charge in [0.1, 0.15) is 5.75 Å². The van der Waals surface area contributed by atoms with Gasteiger partial charge in [0.05, 0.1) is 6.61 Å². The van der Waals surface area contributed by atoms with Gasteiger partial charge in [-0.1, -0.05) is 36.4 Å². The molecule has 2 aliphatic heterocycles. The van der Waals surface area contributed by atoms with Crippen molar-refractivity contribution in [1.29, 1.82) is 0 Å². The lowest BCUT2D eigenvalue weighted by atomic mass is 9.99. The van der Waals surface area contributed by atoms with E-state index in [1.165, 1.54) is 11.3 Å². The van der Waals surface area contributed by atoms with Gasteiger partial charge in [0.25, 0.3) is 0 Å². The number of likely N-dealkylation sites (tertiary alicyclic amines) is 1. The molecule has 3 aromatic rings. The molecule has 0 radical (unpaired) electrons. The molecule has 5 rings (SSSR count). The molecule has 2 aromatic carbocycles. The highest BCUT2D eigenvalue weighted by Gasteiger charge is 2.23. The van der Waals surface area contributed by atoms with E-state index in [0.29, 0.717) is 12.5 Å². The summed E-state index contributed by atoms with van der Waals surface area (Å²) in [5.41, 5.74) is 2.64. The van der Waals surface area contributed by atoms with Crippen LogP contribution in [0, 0.1) is 5.92 Å². The van der Waals surface area contributed by atoms with E-state index in [2.05, 4.69) is 64.4 Å². The fraction of sp³-hybridized carbons (Fsp3) is 0.367. The molecule has 0 bridgehead atoms. The fourth-order valence-corrected chi connectivity index (χ4v) is 5.63. The molecule has 188 valence electrons. The van der Waals surface area contributed by atoms with Gasteiger partial charge in [0, 0.05) is 68.4 Å². The Hall–Kier alpha value is -3.09. The summed E-state index contributed by atoms with van der Waals surface area (Å²) in [5.74, 6) is 1.38. The quantitative estimate of drug-likeness (QED) is 0.387. The third-order valence-corrected chi connectivity index (χ3v) is 7.91. The van der Waals surface area contributed by atoms with E-state index in [1.807, 2.05) is 28.5 Å². The van der Waals surface area contributed by atoms with Crippen LogP contribution in [-0.2, 0) is 11.3 Å². The average molecular weight is 502 g/mol. The minimum absolute atomic E-state index is 0.0991. The number of benzene rings is 2. The number of ether oxygens (including phenoxy) is 1. The zero-order chi connectivity index (χ0) is 24.6. The molecule has 2 aliphatic rings. The van der Waals surface area contributed by atoms with Gasteiger partial charge < -0.3 is 14.5 Å². The van der Waals surface area contributed by atoms with Crippen LogP contribution in [-0.4, -0.2) is 61.6 Å². The van der Waals surface area contributed by atoms with Gasteiger partial charge in [-0.15, -0.1) is 11.3 Å². The van der Waals surface area contributed by atoms with Crippen LogP contribution in [0.1, 0.15) is 23.3 Å². The molecule has 3 heterocycles. The van der Waals surface area contributed by atoms with Gasteiger partial charge in [0.2, 0.25) is 5.91 Å². The second-order valence-corrected chi connectivity index (χ2v) is 10.7. The molecule has 0 spiro atoms. The first-order valence-electron chi connectivity index (χ1n) is 13.0. The lowest BCUT2D eigenvalue weighted by Crippen LogP contribution is -2.45. The van der Waals surface area contributed by atoms with Crippen LogP contribution in [0.5, 0.6) is 5.75 Å². The third-order valence-electron chi connectivity index (χ3n) is 7.07. The van der Waals surface area contributed by atoms with Crippen LogP contribution in [0.25, 0.3) is 6.08 Å². The number of anilines is 1. The smallest absolute Gasteiger partial charge is 0.246 e. The summed E-state index contributed by atoms with van der Waals surface area (Å²) >= 11 is 1.65. The number of amides is 1. The van der Waals surface area contributed by atoms with Gasteiger partial charge in [0.15, 0.2) is 0 Å². The highest BCUT2D eigenvalue weighted by molar-refractivity contribution is 7.10. The lowest BCUT2D eigenvalue weighted by molar-refractivity contribution is -0.127. The summed E-state index contributed by atoms with van der Waals surface area (Å²) in [5, 5.41) is 2.03. The molecule has 2 fully saturated rings. The first-order valence-corrected chi connectivity index (χ1v) is 13.9. The van der Waals surface area contributed by atoms with E-state index >= 15 is 0 Å². The first kappa shape index (κ1) is 24.6. The predicted octanol–water partition coefficient (Wildman–Crippen LogP) is 5.40. The molecule has 6 heteroatoms. The molecule has 36 heavy (non-hydrogen) atoms. The number of thiophene rings is 1. The van der Waals surface area contributed by atoms with Crippen molar-refractivity contribution in [3.8, 4) is 5.75 Å². The van der Waals surface area contributed by atoms with Crippen LogP contribution >= 0.6 is 11.3 Å². The second kappa shape index (κ2) is 12.2. The minimum Gasteiger partial charge on any atom is -0.493 e. The summed E-state index contributed by atoms with van der Waals surface area (Å²) in [6.45, 7) is 7.50. The Labute approximate surface area is 218 Å². The number of carbonyl (C=O) groups excluding carboxylic acids is 1. The zero-order valence-electron chi connectivity index (χ0n) is 20.8. The highest BCUT2D eigenvalue weighted by atomic mass is 32.1. The topological polar surface area (TPSA) is 36.0 Å². The van der Waals surface area contributed by atoms with Gasteiger partial charge in [-0.3, -0.25) is 9.69 Å². The van der Waals surface area contributed by atoms with Crippen molar-refractivity contribution in [2.24, 2.45) is 5.92 Å². The molecule has 1 unspecified atom stereocenters. The van der Waals surface area contributed by atoms with E-state index in [-0.39, 0.29) is 5.91 Å². The van der Waals surface area contributed by atoms with Gasteiger partial charge in [-0.2, -0.15) is 0 Å². The molecule has 0 N–H and O–H groups in total. The van der Waals surface area contributed by atoms with E-state index in [0.717, 1.165) is 69.3 Å². The number of para-hydroxylation sites is 1. The van der Waals surface area contributed by atoms with Gasteiger partial charge in [-0.25, -0.2) is 0 Å². The Morgan fingerprint density at radius 2 is 1.75 bits per heavy atom. The Bertz CT molecular complexity index is 1110. The molecular formula is C30H35N3O2S. The Morgan fingerprint density at radius 1 is 0.944 bits per heavy atom. The van der Waals surface area contributed by atoms with Crippen LogP contribution < -0.4 is 9.64 Å². The van der Waals surface area contributed by atoms with Crippen molar-refractivity contribution >= 4 is 29.0 Å². The number of piperidine rings is 1. The Balaban J connectivity index is 1.04. The number of hydrogen-bond acceptors (Lipinski definition) is 5. The normalized spacial score (nSPS) is 19.1. The summed E-state index contributed by atoms with van der Waals surface area (Å²) in [4.78, 5) is 20.7. The molecule has 0 aliphatic carbocycles. The Morgan fingerprint density at radius 3 is 2.50 bits per heavy atom. The molecule has 5 nitrogen and oxygen atoms in total. The van der Waals surface area contributed by atoms with Crippen LogP contribution in [0.3, 0.4) is 0 Å². The first-order chi connectivity index (χ1) is 17.7. The number of piperazine rings is 1. The molecule has 1 aromatic heterocycles. The third kappa shape index (κ3) is 6.77. The van der Waals surface area contributed by atoms with Crippen molar-refractivity contribution in [2.45, 2.75) is 19.4 Å². The zero-order valence-corrected chi connectivity index (χ0v) is 21.6. The Kier molecular flexibility index (Phi) is 8.36. The summed E-state index contributed by atoms with van der Waals surface area (Å²) in [6, 6.07) is 23.3. The van der Waals surface area contributed by atoms with Crippen molar-refractivity contribution in [3.63, 3.8) is 0 Å². The van der Waals surface area contributed by atoms with Crippen molar-refractivity contribution in [2.75, 3.05) is 50.8 Å². The highest BCUT2D eigenvalue weighted by Crippen LogP contribution is 2.21. The second-order valence-electron chi connectivity index (χ2n) is 9.69. The molecule has 0 saturated carbocycles. The minimum atomic E-state index is 0.0991. The number of hydrogen-bond donors (Lipinski definition) is 0. The van der Waals surface area contributed by atoms with Crippen LogP contribution in [0.15, 0.2) is 78.2 Å². The lowest BCUT2D eigenvalue weighted by Gasteiger charge is -2.36. The molecule has 2 saturated heterocycles. The number of rotatable bonds is 8. The van der Waals surface area contributed by atoms with E-state index < -0.39 is 0 Å². The van der Waals surface area contributed by atoms with Crippen LogP contribution in [0.4, 0.5) is 5.69 Å². The molecule has 1 amide bonds. The maximum atomic E-state index is 12.6.